The van der Waals surface area contributed by atoms with Gasteiger partial charge in [-0.1, -0.05) is 60.7 Å². The first kappa shape index (κ1) is 20.9. The number of carbonyl (C=O) groups excluding carboxylic acids is 2. The lowest BCUT2D eigenvalue weighted by molar-refractivity contribution is -0.150. The van der Waals surface area contributed by atoms with Gasteiger partial charge in [0.15, 0.2) is 13.2 Å². The normalized spacial score (nSPS) is 10.1. The predicted molar refractivity (Wildman–Crippen MR) is 112 cm³/mol. The Morgan fingerprint density at radius 1 is 0.667 bits per heavy atom. The van der Waals surface area contributed by atoms with Gasteiger partial charge in [-0.2, -0.15) is 0 Å². The van der Waals surface area contributed by atoms with Crippen LogP contribution in [0.2, 0.25) is 0 Å². The van der Waals surface area contributed by atoms with Gasteiger partial charge in [-0.15, -0.1) is 0 Å². The first-order chi connectivity index (χ1) is 14.7. The van der Waals surface area contributed by atoms with E-state index in [0.29, 0.717) is 24.7 Å². The van der Waals surface area contributed by atoms with Gasteiger partial charge in [0.2, 0.25) is 0 Å². The molecule has 3 aromatic rings. The topological polar surface area (TPSA) is 73.9 Å². The molecular weight excluding hydrogens is 382 g/mol. The molecule has 0 aliphatic heterocycles. The van der Waals surface area contributed by atoms with Gasteiger partial charge in [0.1, 0.15) is 18.1 Å². The lowest BCUT2D eigenvalue weighted by atomic mass is 10.2. The molecule has 6 nitrogen and oxygen atoms in total. The maximum Gasteiger partial charge on any atom is 0.344 e. The first-order valence-electron chi connectivity index (χ1n) is 9.55. The molecular formula is C24H23NO5. The van der Waals surface area contributed by atoms with Gasteiger partial charge in [-0.3, -0.25) is 4.79 Å². The van der Waals surface area contributed by atoms with Crippen LogP contribution < -0.4 is 14.8 Å². The van der Waals surface area contributed by atoms with Crippen molar-refractivity contribution < 1.29 is 23.8 Å². The molecule has 0 aliphatic rings. The van der Waals surface area contributed by atoms with Gasteiger partial charge in [-0.05, 0) is 35.4 Å². The highest BCUT2D eigenvalue weighted by atomic mass is 16.6. The Hall–Kier alpha value is -3.80. The molecule has 0 aliphatic carbocycles. The summed E-state index contributed by atoms with van der Waals surface area (Å²) in [5.74, 6) is 0.220. The summed E-state index contributed by atoms with van der Waals surface area (Å²) < 4.78 is 16.0. The van der Waals surface area contributed by atoms with Crippen LogP contribution >= 0.6 is 0 Å². The molecule has 1 amide bonds. The third kappa shape index (κ3) is 7.31. The summed E-state index contributed by atoms with van der Waals surface area (Å²) in [6.07, 6.45) is 0. The fraction of sp³-hybridized carbons (Fsp3) is 0.167. The Morgan fingerprint density at radius 3 is 1.87 bits per heavy atom. The molecule has 0 saturated heterocycles. The van der Waals surface area contributed by atoms with Crippen LogP contribution in [0.5, 0.6) is 11.5 Å². The van der Waals surface area contributed by atoms with E-state index in [1.165, 1.54) is 0 Å². The lowest BCUT2D eigenvalue weighted by Crippen LogP contribution is -2.29. The minimum Gasteiger partial charge on any atom is -0.489 e. The summed E-state index contributed by atoms with van der Waals surface area (Å²) in [5, 5.41) is 2.69. The summed E-state index contributed by atoms with van der Waals surface area (Å²) >= 11 is 0. The van der Waals surface area contributed by atoms with Gasteiger partial charge < -0.3 is 19.5 Å². The Labute approximate surface area is 175 Å². The van der Waals surface area contributed by atoms with E-state index < -0.39 is 5.97 Å². The van der Waals surface area contributed by atoms with E-state index in [1.807, 2.05) is 60.7 Å². The molecule has 0 fully saturated rings. The second kappa shape index (κ2) is 11.3. The first-order valence-corrected chi connectivity index (χ1v) is 9.55. The zero-order chi connectivity index (χ0) is 21.0. The minimum atomic E-state index is -0.616. The summed E-state index contributed by atoms with van der Waals surface area (Å²) in [5.41, 5.74) is 2.05. The standard InChI is InChI=1S/C24H23NO5/c26-23(25-15-19-7-3-1-4-8-19)17-30-24(27)18-29-22-13-11-21(12-14-22)28-16-20-9-5-2-6-10-20/h1-14H,15-18H2,(H,25,26). The van der Waals surface area contributed by atoms with Gasteiger partial charge in [0.25, 0.3) is 5.91 Å². The molecule has 0 atom stereocenters. The van der Waals surface area contributed by atoms with Crippen molar-refractivity contribution >= 4 is 11.9 Å². The lowest BCUT2D eigenvalue weighted by Gasteiger charge is -2.09. The number of nitrogens with one attached hydrogen (secondary N) is 1. The van der Waals surface area contributed by atoms with Crippen LogP contribution in [0.1, 0.15) is 11.1 Å². The van der Waals surface area contributed by atoms with Crippen molar-refractivity contribution in [1.82, 2.24) is 5.32 Å². The van der Waals surface area contributed by atoms with E-state index in [9.17, 15) is 9.59 Å². The van der Waals surface area contributed by atoms with Crippen LogP contribution in [0.4, 0.5) is 0 Å². The molecule has 0 radical (unpaired) electrons. The van der Waals surface area contributed by atoms with Gasteiger partial charge >= 0.3 is 5.97 Å². The van der Waals surface area contributed by atoms with Crippen LogP contribution in [0.25, 0.3) is 0 Å². The fourth-order valence-corrected chi connectivity index (χ4v) is 2.55. The molecule has 0 aromatic heterocycles. The number of carbonyl (C=O) groups is 2. The van der Waals surface area contributed by atoms with Gasteiger partial charge in [-0.25, -0.2) is 4.79 Å². The second-order valence-corrected chi connectivity index (χ2v) is 6.46. The number of benzene rings is 3. The molecule has 3 rings (SSSR count). The Kier molecular flexibility index (Phi) is 7.85. The highest BCUT2D eigenvalue weighted by Crippen LogP contribution is 2.18. The van der Waals surface area contributed by atoms with Crippen LogP contribution in [0.3, 0.4) is 0 Å². The molecule has 0 spiro atoms. The van der Waals surface area contributed by atoms with Crippen molar-refractivity contribution in [2.75, 3.05) is 13.2 Å². The zero-order valence-electron chi connectivity index (χ0n) is 16.5. The number of hydrogen-bond acceptors (Lipinski definition) is 5. The molecule has 1 N–H and O–H groups in total. The molecule has 30 heavy (non-hydrogen) atoms. The number of rotatable bonds is 10. The highest BCUT2D eigenvalue weighted by molar-refractivity contribution is 5.80. The molecule has 0 heterocycles. The molecule has 3 aromatic carbocycles. The van der Waals surface area contributed by atoms with Crippen molar-refractivity contribution in [1.29, 1.82) is 0 Å². The number of amides is 1. The van der Waals surface area contributed by atoms with E-state index >= 15 is 0 Å². The van der Waals surface area contributed by atoms with E-state index in [2.05, 4.69) is 5.32 Å². The zero-order valence-corrected chi connectivity index (χ0v) is 16.5. The van der Waals surface area contributed by atoms with Crippen molar-refractivity contribution in [3.8, 4) is 11.5 Å². The van der Waals surface area contributed by atoms with E-state index in [0.717, 1.165) is 11.1 Å². The maximum absolute atomic E-state index is 11.8. The molecule has 0 saturated carbocycles. The van der Waals surface area contributed by atoms with E-state index in [-0.39, 0.29) is 19.1 Å². The number of ether oxygens (including phenoxy) is 3. The fourth-order valence-electron chi connectivity index (χ4n) is 2.55. The molecule has 6 heteroatoms. The van der Waals surface area contributed by atoms with Gasteiger partial charge in [0, 0.05) is 6.54 Å². The minimum absolute atomic E-state index is 0.282. The number of hydrogen-bond donors (Lipinski definition) is 1. The smallest absolute Gasteiger partial charge is 0.344 e. The summed E-state index contributed by atoms with van der Waals surface area (Å²) in [7, 11) is 0. The quantitative estimate of drug-likeness (QED) is 0.523. The Balaban J connectivity index is 1.32. The Morgan fingerprint density at radius 2 is 1.23 bits per heavy atom. The largest absolute Gasteiger partial charge is 0.489 e. The predicted octanol–water partition coefficient (Wildman–Crippen LogP) is 3.50. The van der Waals surface area contributed by atoms with Crippen LogP contribution in [-0.4, -0.2) is 25.1 Å². The SMILES string of the molecule is O=C(COC(=O)COc1ccc(OCc2ccccc2)cc1)NCc1ccccc1. The average molecular weight is 405 g/mol. The third-order valence-corrected chi connectivity index (χ3v) is 4.13. The monoisotopic (exact) mass is 405 g/mol. The molecule has 0 bridgehead atoms. The number of esters is 1. The maximum atomic E-state index is 11.8. The van der Waals surface area contributed by atoms with Crippen molar-refractivity contribution in [3.05, 3.63) is 96.1 Å². The molecule has 154 valence electrons. The Bertz CT molecular complexity index is 927. The molecule has 0 unspecified atom stereocenters. The van der Waals surface area contributed by atoms with Crippen LogP contribution in [-0.2, 0) is 27.5 Å². The third-order valence-electron chi connectivity index (χ3n) is 4.13. The summed E-state index contributed by atoms with van der Waals surface area (Å²) in [6.45, 7) is 0.226. The van der Waals surface area contributed by atoms with Crippen molar-refractivity contribution in [2.45, 2.75) is 13.2 Å². The second-order valence-electron chi connectivity index (χ2n) is 6.46. The average Bonchev–Trinajstić information content (AvgIpc) is 2.80. The van der Waals surface area contributed by atoms with E-state index in [4.69, 9.17) is 14.2 Å². The van der Waals surface area contributed by atoms with Crippen molar-refractivity contribution in [2.24, 2.45) is 0 Å². The van der Waals surface area contributed by atoms with Crippen LogP contribution in [0, 0.1) is 0 Å². The highest BCUT2D eigenvalue weighted by Gasteiger charge is 2.08. The van der Waals surface area contributed by atoms with Crippen molar-refractivity contribution in [3.63, 3.8) is 0 Å². The summed E-state index contributed by atoms with van der Waals surface area (Å²) in [4.78, 5) is 23.5. The van der Waals surface area contributed by atoms with E-state index in [1.54, 1.807) is 24.3 Å². The summed E-state index contributed by atoms with van der Waals surface area (Å²) in [6, 6.07) is 26.3. The van der Waals surface area contributed by atoms with Crippen LogP contribution in [0.15, 0.2) is 84.9 Å². The van der Waals surface area contributed by atoms with Gasteiger partial charge in [0.05, 0.1) is 0 Å².